The van der Waals surface area contributed by atoms with Crippen molar-refractivity contribution in [3.8, 4) is 0 Å². The summed E-state index contributed by atoms with van der Waals surface area (Å²) >= 11 is 0. The van der Waals surface area contributed by atoms with Gasteiger partial charge in [0.25, 0.3) is 0 Å². The summed E-state index contributed by atoms with van der Waals surface area (Å²) in [5.41, 5.74) is -1.06. The number of rotatable bonds is 9. The van der Waals surface area contributed by atoms with Crippen LogP contribution >= 0.6 is 0 Å². The number of nitrogens with zero attached hydrogens (tertiary/aromatic N) is 2. The summed E-state index contributed by atoms with van der Waals surface area (Å²) in [6, 6.07) is 0. The van der Waals surface area contributed by atoms with E-state index in [1.807, 2.05) is 34.6 Å². The minimum atomic E-state index is -0.560. The lowest BCUT2D eigenvalue weighted by atomic mass is 9.93. The average Bonchev–Trinajstić information content (AvgIpc) is 2.57. The molecule has 0 radical (unpaired) electrons. The summed E-state index contributed by atoms with van der Waals surface area (Å²) in [5.74, 6) is 0.390. The topological polar surface area (TPSA) is 95.1 Å². The molecule has 0 saturated carbocycles. The van der Waals surface area contributed by atoms with Crippen LogP contribution in [0.2, 0.25) is 0 Å². The molecule has 0 fully saturated rings. The zero-order valence-electron chi connectivity index (χ0n) is 17.9. The molecule has 0 bridgehead atoms. The van der Waals surface area contributed by atoms with Gasteiger partial charge in [-0.05, 0) is 33.6 Å². The summed E-state index contributed by atoms with van der Waals surface area (Å²) in [6.45, 7) is 14.2. The van der Waals surface area contributed by atoms with Crippen LogP contribution in [0, 0.1) is 0 Å². The van der Waals surface area contributed by atoms with E-state index in [9.17, 15) is 9.59 Å². The molecule has 27 heavy (non-hydrogen) atoms. The average molecular weight is 384 g/mol. The first-order valence-corrected chi connectivity index (χ1v) is 9.33. The van der Waals surface area contributed by atoms with E-state index in [0.29, 0.717) is 31.9 Å². The number of ether oxygens (including phenoxy) is 1. The van der Waals surface area contributed by atoms with Gasteiger partial charge < -0.3 is 25.6 Å². The molecule has 156 valence electrons. The summed E-state index contributed by atoms with van der Waals surface area (Å²) in [4.78, 5) is 29.8. The smallest absolute Gasteiger partial charge is 0.408 e. The van der Waals surface area contributed by atoms with E-state index in [2.05, 4.69) is 27.5 Å². The van der Waals surface area contributed by atoms with Crippen molar-refractivity contribution in [2.45, 2.75) is 58.6 Å². The minimum Gasteiger partial charge on any atom is -0.444 e. The Morgan fingerprint density at radius 3 is 2.19 bits per heavy atom. The number of hydrogen-bond acceptors (Lipinski definition) is 4. The number of alkyl carbamates (subject to hydrolysis) is 1. The number of guanidine groups is 1. The zero-order valence-corrected chi connectivity index (χ0v) is 17.9. The lowest BCUT2D eigenvalue weighted by Crippen LogP contribution is -2.57. The number of carbonyl (C=O) groups excluding carboxylic acids is 2. The van der Waals surface area contributed by atoms with Crippen LogP contribution in [0.3, 0.4) is 0 Å². The van der Waals surface area contributed by atoms with Crippen LogP contribution in [-0.2, 0) is 9.53 Å². The van der Waals surface area contributed by atoms with Gasteiger partial charge >= 0.3 is 6.09 Å². The third-order valence-corrected chi connectivity index (χ3v) is 4.00. The molecule has 0 spiro atoms. The third-order valence-electron chi connectivity index (χ3n) is 4.00. The van der Waals surface area contributed by atoms with Crippen LogP contribution in [0.25, 0.3) is 0 Å². The molecule has 0 aliphatic heterocycles. The van der Waals surface area contributed by atoms with Gasteiger partial charge in [0.15, 0.2) is 5.96 Å². The molecule has 0 aromatic heterocycles. The van der Waals surface area contributed by atoms with E-state index in [1.165, 1.54) is 4.90 Å². The van der Waals surface area contributed by atoms with Crippen LogP contribution in [0.15, 0.2) is 17.6 Å². The largest absolute Gasteiger partial charge is 0.444 e. The van der Waals surface area contributed by atoms with Crippen molar-refractivity contribution in [3.63, 3.8) is 0 Å². The van der Waals surface area contributed by atoms with Crippen molar-refractivity contribution in [2.75, 3.05) is 33.7 Å². The highest BCUT2D eigenvalue weighted by molar-refractivity contribution is 5.85. The quantitative estimate of drug-likeness (QED) is 0.321. The Balaban J connectivity index is 5.10. The van der Waals surface area contributed by atoms with Crippen molar-refractivity contribution in [3.05, 3.63) is 12.7 Å². The van der Waals surface area contributed by atoms with Gasteiger partial charge in [0.1, 0.15) is 12.1 Å². The molecule has 8 nitrogen and oxygen atoms in total. The van der Waals surface area contributed by atoms with Gasteiger partial charge in [-0.15, -0.1) is 6.58 Å². The molecule has 0 aromatic carbocycles. The molecule has 0 atom stereocenters. The maximum Gasteiger partial charge on any atom is 0.408 e. The maximum atomic E-state index is 12.2. The van der Waals surface area contributed by atoms with E-state index in [0.717, 1.165) is 0 Å². The summed E-state index contributed by atoms with van der Waals surface area (Å²) in [5, 5.41) is 9.27. The Morgan fingerprint density at radius 1 is 1.15 bits per heavy atom. The van der Waals surface area contributed by atoms with Crippen molar-refractivity contribution < 1.29 is 14.3 Å². The Labute approximate surface area is 163 Å². The molecular formula is C19H37N5O3. The molecule has 0 aliphatic rings. The Bertz CT molecular complexity index is 520. The van der Waals surface area contributed by atoms with Crippen LogP contribution in [0.1, 0.15) is 47.5 Å². The normalized spacial score (nSPS) is 12.2. The van der Waals surface area contributed by atoms with Gasteiger partial charge in [0.2, 0.25) is 5.91 Å². The molecule has 0 saturated heterocycles. The number of carbonyl (C=O) groups is 2. The van der Waals surface area contributed by atoms with Crippen molar-refractivity contribution in [1.82, 2.24) is 20.9 Å². The van der Waals surface area contributed by atoms with Crippen molar-refractivity contribution >= 4 is 18.0 Å². The molecule has 8 heteroatoms. The van der Waals surface area contributed by atoms with Gasteiger partial charge in [0, 0.05) is 27.2 Å². The fraction of sp³-hybridized carbons (Fsp3) is 0.737. The fourth-order valence-corrected chi connectivity index (χ4v) is 2.13. The van der Waals surface area contributed by atoms with Gasteiger partial charge in [-0.2, -0.15) is 0 Å². The SMILES string of the molecule is C=CCNC(=NCC(=O)N(C)C)NCC(CC)(CC)NC(=O)OC(C)(C)C. The minimum absolute atomic E-state index is 0.0320. The standard InChI is InChI=1S/C19H37N5O3/c1-9-12-20-16(21-13-15(25)24(7)8)22-14-19(10-2,11-3)23-17(26)27-18(4,5)6/h9H,1,10-14H2,2-8H3,(H,23,26)(H2,20,21,22). The molecule has 0 aliphatic carbocycles. The summed E-state index contributed by atoms with van der Waals surface area (Å²) in [6.07, 6.45) is 2.67. The first-order valence-electron chi connectivity index (χ1n) is 9.33. The van der Waals surface area contributed by atoms with E-state index in [4.69, 9.17) is 4.74 Å². The number of aliphatic imine (C=N–C) groups is 1. The Hall–Kier alpha value is -2.25. The van der Waals surface area contributed by atoms with Crippen LogP contribution in [-0.4, -0.2) is 67.7 Å². The molecule has 0 unspecified atom stereocenters. The van der Waals surface area contributed by atoms with Crippen molar-refractivity contribution in [1.29, 1.82) is 0 Å². The van der Waals surface area contributed by atoms with Crippen LogP contribution < -0.4 is 16.0 Å². The predicted octanol–water partition coefficient (Wildman–Crippen LogP) is 1.88. The molecule has 0 heterocycles. The third kappa shape index (κ3) is 10.5. The van der Waals surface area contributed by atoms with Gasteiger partial charge in [0.05, 0.1) is 5.54 Å². The number of amides is 2. The van der Waals surface area contributed by atoms with E-state index in [1.54, 1.807) is 20.2 Å². The Kier molecular flexibility index (Phi) is 10.5. The lowest BCUT2D eigenvalue weighted by Gasteiger charge is -2.34. The highest BCUT2D eigenvalue weighted by Gasteiger charge is 2.30. The van der Waals surface area contributed by atoms with E-state index in [-0.39, 0.29) is 12.5 Å². The number of likely N-dealkylation sites (N-methyl/N-ethyl adjacent to an activating group) is 1. The number of nitrogens with one attached hydrogen (secondary N) is 3. The van der Waals surface area contributed by atoms with E-state index >= 15 is 0 Å². The fourth-order valence-electron chi connectivity index (χ4n) is 2.13. The maximum absolute atomic E-state index is 12.2. The monoisotopic (exact) mass is 383 g/mol. The predicted molar refractivity (Wildman–Crippen MR) is 110 cm³/mol. The number of hydrogen-bond donors (Lipinski definition) is 3. The second-order valence-corrected chi connectivity index (χ2v) is 7.59. The van der Waals surface area contributed by atoms with Gasteiger partial charge in [-0.3, -0.25) is 4.79 Å². The highest BCUT2D eigenvalue weighted by atomic mass is 16.6. The lowest BCUT2D eigenvalue weighted by molar-refractivity contribution is -0.127. The first-order chi connectivity index (χ1) is 12.5. The second kappa shape index (κ2) is 11.5. The molecule has 3 N–H and O–H groups in total. The molecule has 0 rings (SSSR count). The van der Waals surface area contributed by atoms with Gasteiger partial charge in [-0.25, -0.2) is 9.79 Å². The molecule has 2 amide bonds. The zero-order chi connectivity index (χ0) is 21.1. The van der Waals surface area contributed by atoms with Gasteiger partial charge in [-0.1, -0.05) is 19.9 Å². The highest BCUT2D eigenvalue weighted by Crippen LogP contribution is 2.16. The van der Waals surface area contributed by atoms with Crippen LogP contribution in [0.5, 0.6) is 0 Å². The van der Waals surface area contributed by atoms with Crippen molar-refractivity contribution in [2.24, 2.45) is 4.99 Å². The Morgan fingerprint density at radius 2 is 1.74 bits per heavy atom. The molecular weight excluding hydrogens is 346 g/mol. The summed E-state index contributed by atoms with van der Waals surface area (Å²) < 4.78 is 5.39. The molecule has 0 aromatic rings. The summed E-state index contributed by atoms with van der Waals surface area (Å²) in [7, 11) is 3.37. The van der Waals surface area contributed by atoms with Crippen LogP contribution in [0.4, 0.5) is 4.79 Å². The second-order valence-electron chi connectivity index (χ2n) is 7.59. The van der Waals surface area contributed by atoms with E-state index < -0.39 is 17.2 Å². The first kappa shape index (κ1) is 24.8.